The maximum absolute atomic E-state index is 6.55. The van der Waals surface area contributed by atoms with Crippen LogP contribution in [0.25, 0.3) is 6.08 Å². The largest absolute Gasteiger partial charge is 0.324 e. The molecule has 1 aromatic carbocycles. The van der Waals surface area contributed by atoms with Gasteiger partial charge in [-0.3, -0.25) is 0 Å². The number of unbranched alkanes of at least 4 members (excludes halogenated alkanes) is 8. The maximum atomic E-state index is 6.55. The highest BCUT2D eigenvalue weighted by Gasteiger charge is 2.27. The molecule has 0 spiro atoms. The molecule has 2 N–H and O–H groups in total. The molecule has 0 fully saturated rings. The summed E-state index contributed by atoms with van der Waals surface area (Å²) >= 11 is 0. The smallest absolute Gasteiger partial charge is 0.0346 e. The normalized spacial score (nSPS) is 13.0. The summed E-state index contributed by atoms with van der Waals surface area (Å²) in [5.41, 5.74) is 9.09. The molecule has 0 aliphatic carbocycles. The van der Waals surface area contributed by atoms with Crippen molar-refractivity contribution in [2.75, 3.05) is 0 Å². The van der Waals surface area contributed by atoms with E-state index in [9.17, 15) is 0 Å². The highest BCUT2D eigenvalue weighted by molar-refractivity contribution is 5.47. The monoisotopic (exact) mass is 329 g/mol. The van der Waals surface area contributed by atoms with E-state index in [1.54, 1.807) is 0 Å². The fourth-order valence-corrected chi connectivity index (χ4v) is 3.34. The Balaban J connectivity index is 2.25. The lowest BCUT2D eigenvalue weighted by Crippen LogP contribution is -2.29. The minimum Gasteiger partial charge on any atom is -0.324 e. The molecular weight excluding hydrogens is 290 g/mol. The Labute approximate surface area is 150 Å². The second kappa shape index (κ2) is 11.5. The average Bonchev–Trinajstić information content (AvgIpc) is 2.59. The Morgan fingerprint density at radius 3 is 1.92 bits per heavy atom. The molecule has 0 amide bonds. The number of benzene rings is 1. The van der Waals surface area contributed by atoms with Gasteiger partial charge in [-0.05, 0) is 23.0 Å². The van der Waals surface area contributed by atoms with Crippen LogP contribution in [0.5, 0.6) is 0 Å². The van der Waals surface area contributed by atoms with Crippen LogP contribution >= 0.6 is 0 Å². The van der Waals surface area contributed by atoms with E-state index in [-0.39, 0.29) is 11.5 Å². The molecule has 0 radical (unpaired) electrons. The first-order chi connectivity index (χ1) is 11.5. The summed E-state index contributed by atoms with van der Waals surface area (Å²) in [5, 5.41) is 0. The zero-order valence-corrected chi connectivity index (χ0v) is 16.3. The third kappa shape index (κ3) is 7.66. The van der Waals surface area contributed by atoms with Crippen LogP contribution in [0.2, 0.25) is 0 Å². The highest BCUT2D eigenvalue weighted by Crippen LogP contribution is 2.36. The topological polar surface area (TPSA) is 26.0 Å². The average molecular weight is 330 g/mol. The Morgan fingerprint density at radius 2 is 1.42 bits per heavy atom. The Morgan fingerprint density at radius 1 is 0.917 bits per heavy atom. The zero-order valence-electron chi connectivity index (χ0n) is 16.3. The van der Waals surface area contributed by atoms with Gasteiger partial charge in [0.05, 0.1) is 0 Å². The van der Waals surface area contributed by atoms with E-state index in [1.807, 2.05) is 6.08 Å². The number of hydrogen-bond acceptors (Lipinski definition) is 1. The molecule has 0 aliphatic heterocycles. The van der Waals surface area contributed by atoms with E-state index in [0.717, 1.165) is 5.56 Å². The van der Waals surface area contributed by atoms with Gasteiger partial charge in [0.25, 0.3) is 0 Å². The van der Waals surface area contributed by atoms with E-state index in [1.165, 1.54) is 69.8 Å². The van der Waals surface area contributed by atoms with Gasteiger partial charge in [-0.2, -0.15) is 0 Å². The van der Waals surface area contributed by atoms with Crippen molar-refractivity contribution in [3.63, 3.8) is 0 Å². The SMILES string of the molecule is C=Cc1ccc(C(N)C(C)(C)CCCCCCCCCCC)cc1. The molecule has 1 aromatic rings. The minimum atomic E-state index is 0.102. The molecule has 24 heavy (non-hydrogen) atoms. The highest BCUT2D eigenvalue weighted by atomic mass is 14.7. The van der Waals surface area contributed by atoms with Crippen molar-refractivity contribution in [2.24, 2.45) is 11.1 Å². The number of nitrogens with two attached hydrogens (primary N) is 1. The lowest BCUT2D eigenvalue weighted by molar-refractivity contribution is 0.255. The van der Waals surface area contributed by atoms with Crippen LogP contribution in [0.15, 0.2) is 30.8 Å². The third-order valence-corrected chi connectivity index (χ3v) is 5.30. The predicted octanol–water partition coefficient (Wildman–Crippen LogP) is 7.28. The van der Waals surface area contributed by atoms with E-state index >= 15 is 0 Å². The van der Waals surface area contributed by atoms with Crippen molar-refractivity contribution in [3.05, 3.63) is 42.0 Å². The van der Waals surface area contributed by atoms with Gasteiger partial charge in [0.15, 0.2) is 0 Å². The van der Waals surface area contributed by atoms with Crippen molar-refractivity contribution < 1.29 is 0 Å². The minimum absolute atomic E-state index is 0.102. The van der Waals surface area contributed by atoms with Gasteiger partial charge < -0.3 is 5.73 Å². The predicted molar refractivity (Wildman–Crippen MR) is 109 cm³/mol. The molecule has 0 heterocycles. The summed E-state index contributed by atoms with van der Waals surface area (Å²) < 4.78 is 0. The quantitative estimate of drug-likeness (QED) is 0.378. The summed E-state index contributed by atoms with van der Waals surface area (Å²) in [7, 11) is 0. The van der Waals surface area contributed by atoms with Crippen LogP contribution in [0.4, 0.5) is 0 Å². The first-order valence-electron chi connectivity index (χ1n) is 9.99. The molecule has 1 heteroatoms. The first kappa shape index (κ1) is 21.0. The van der Waals surface area contributed by atoms with Crippen molar-refractivity contribution in [2.45, 2.75) is 91.0 Å². The summed E-state index contributed by atoms with van der Waals surface area (Å²) in [6.45, 7) is 10.7. The lowest BCUT2D eigenvalue weighted by Gasteiger charge is -2.32. The zero-order chi connectivity index (χ0) is 17.8. The van der Waals surface area contributed by atoms with Crippen molar-refractivity contribution in [1.29, 1.82) is 0 Å². The van der Waals surface area contributed by atoms with Crippen molar-refractivity contribution in [1.82, 2.24) is 0 Å². The van der Waals surface area contributed by atoms with E-state index < -0.39 is 0 Å². The standard InChI is InChI=1S/C23H39N/c1-5-7-8-9-10-11-12-13-14-19-23(3,4)22(24)21-17-15-20(6-2)16-18-21/h6,15-18,22H,2,5,7-14,19,24H2,1,3-4H3. The van der Waals surface area contributed by atoms with Crippen molar-refractivity contribution in [3.8, 4) is 0 Å². The van der Waals surface area contributed by atoms with Crippen LogP contribution in [-0.2, 0) is 0 Å². The van der Waals surface area contributed by atoms with Crippen LogP contribution in [-0.4, -0.2) is 0 Å². The van der Waals surface area contributed by atoms with Crippen LogP contribution in [0.1, 0.15) is 102 Å². The van der Waals surface area contributed by atoms with E-state index in [2.05, 4.69) is 51.6 Å². The van der Waals surface area contributed by atoms with Crippen LogP contribution < -0.4 is 5.73 Å². The molecule has 0 saturated heterocycles. The summed E-state index contributed by atoms with van der Waals surface area (Å²) in [6.07, 6.45) is 15.5. The molecular formula is C23H39N. The first-order valence-corrected chi connectivity index (χ1v) is 9.99. The molecule has 1 rings (SSSR count). The number of hydrogen-bond donors (Lipinski definition) is 1. The molecule has 1 unspecified atom stereocenters. The van der Waals surface area contributed by atoms with Gasteiger partial charge in [0, 0.05) is 6.04 Å². The Kier molecular flexibility index (Phi) is 10.0. The third-order valence-electron chi connectivity index (χ3n) is 5.30. The molecule has 0 bridgehead atoms. The van der Waals surface area contributed by atoms with Crippen LogP contribution in [0.3, 0.4) is 0 Å². The van der Waals surface area contributed by atoms with Gasteiger partial charge in [0.1, 0.15) is 0 Å². The van der Waals surface area contributed by atoms with E-state index in [4.69, 9.17) is 5.73 Å². The second-order valence-electron chi connectivity index (χ2n) is 7.92. The molecule has 0 aliphatic rings. The fourth-order valence-electron chi connectivity index (χ4n) is 3.34. The lowest BCUT2D eigenvalue weighted by atomic mass is 9.77. The maximum Gasteiger partial charge on any atom is 0.0346 e. The van der Waals surface area contributed by atoms with E-state index in [0.29, 0.717) is 0 Å². The van der Waals surface area contributed by atoms with Crippen molar-refractivity contribution >= 4 is 6.08 Å². The number of rotatable bonds is 13. The second-order valence-corrected chi connectivity index (χ2v) is 7.92. The summed E-state index contributed by atoms with van der Waals surface area (Å²) in [4.78, 5) is 0. The Hall–Kier alpha value is -1.08. The Bertz CT molecular complexity index is 444. The molecule has 1 nitrogen and oxygen atoms in total. The van der Waals surface area contributed by atoms with Gasteiger partial charge in [-0.15, -0.1) is 0 Å². The molecule has 136 valence electrons. The van der Waals surface area contributed by atoms with Gasteiger partial charge in [-0.1, -0.05) is 115 Å². The molecule has 0 aromatic heterocycles. The fraction of sp³-hybridized carbons (Fsp3) is 0.652. The summed E-state index contributed by atoms with van der Waals surface area (Å²) in [6, 6.07) is 8.62. The molecule has 0 saturated carbocycles. The van der Waals surface area contributed by atoms with Crippen LogP contribution in [0, 0.1) is 5.41 Å². The van der Waals surface area contributed by atoms with Gasteiger partial charge >= 0.3 is 0 Å². The molecule has 1 atom stereocenters. The summed E-state index contributed by atoms with van der Waals surface area (Å²) in [5.74, 6) is 0. The van der Waals surface area contributed by atoms with Gasteiger partial charge in [0.2, 0.25) is 0 Å². The van der Waals surface area contributed by atoms with Gasteiger partial charge in [-0.25, -0.2) is 0 Å².